The molecule has 3 rings (SSSR count). The van der Waals surface area contributed by atoms with E-state index in [-0.39, 0.29) is 23.8 Å². The number of hydrogen-bond acceptors (Lipinski definition) is 4. The molecule has 0 aliphatic carbocycles. The summed E-state index contributed by atoms with van der Waals surface area (Å²) in [6.07, 6.45) is 0.919. The number of carbonyl (C=O) groups excluding carboxylic acids is 1. The molecule has 1 aromatic heterocycles. The normalized spacial score (nSPS) is 31.7. The van der Waals surface area contributed by atoms with Crippen LogP contribution < -0.4 is 5.32 Å². The lowest BCUT2D eigenvalue weighted by molar-refractivity contribution is -0.159. The monoisotopic (exact) mass is 324 g/mol. The van der Waals surface area contributed by atoms with Crippen molar-refractivity contribution in [2.45, 2.75) is 51.5 Å². The molecule has 5 nitrogen and oxygen atoms in total. The van der Waals surface area contributed by atoms with Crippen LogP contribution in [0.3, 0.4) is 0 Å². The van der Waals surface area contributed by atoms with Crippen LogP contribution >= 0.6 is 11.3 Å². The summed E-state index contributed by atoms with van der Waals surface area (Å²) < 4.78 is 11.8. The van der Waals surface area contributed by atoms with Crippen LogP contribution in [0.5, 0.6) is 0 Å². The lowest BCUT2D eigenvalue weighted by Gasteiger charge is -2.45. The molecule has 2 fully saturated rings. The summed E-state index contributed by atoms with van der Waals surface area (Å²) in [5.74, 6) is 0. The molecule has 6 heteroatoms. The molecule has 122 valence electrons. The lowest BCUT2D eigenvalue weighted by atomic mass is 9.93. The fourth-order valence-electron chi connectivity index (χ4n) is 3.30. The minimum absolute atomic E-state index is 0.0146. The number of thiophene rings is 1. The molecule has 2 saturated heterocycles. The van der Waals surface area contributed by atoms with Crippen LogP contribution in [0.25, 0.3) is 0 Å². The standard InChI is InChI=1S/C16H24N2O3S/c1-11-8-22-9-14(11)6-17-15(19)18-7-12(2)21-16(10-18)4-5-20-13(16)3/h8-9,12-13H,4-7,10H2,1-3H3,(H,17,19). The summed E-state index contributed by atoms with van der Waals surface area (Å²) in [6, 6.07) is -0.0146. The maximum absolute atomic E-state index is 12.5. The first kappa shape index (κ1) is 15.8. The largest absolute Gasteiger partial charge is 0.375 e. The van der Waals surface area contributed by atoms with Gasteiger partial charge in [0.2, 0.25) is 0 Å². The van der Waals surface area contributed by atoms with E-state index in [1.165, 1.54) is 11.1 Å². The minimum atomic E-state index is -0.340. The number of amides is 2. The van der Waals surface area contributed by atoms with Crippen molar-refractivity contribution >= 4 is 17.4 Å². The van der Waals surface area contributed by atoms with Crippen molar-refractivity contribution in [1.29, 1.82) is 0 Å². The number of morpholine rings is 1. The van der Waals surface area contributed by atoms with Gasteiger partial charge in [-0.1, -0.05) is 0 Å². The zero-order valence-corrected chi connectivity index (χ0v) is 14.2. The average molecular weight is 324 g/mol. The highest BCUT2D eigenvalue weighted by Crippen LogP contribution is 2.35. The second kappa shape index (κ2) is 6.18. The highest BCUT2D eigenvalue weighted by molar-refractivity contribution is 7.08. The van der Waals surface area contributed by atoms with Crippen molar-refractivity contribution in [2.75, 3.05) is 19.7 Å². The van der Waals surface area contributed by atoms with E-state index < -0.39 is 0 Å². The van der Waals surface area contributed by atoms with E-state index in [1.54, 1.807) is 11.3 Å². The molecule has 1 N–H and O–H groups in total. The highest BCUT2D eigenvalue weighted by Gasteiger charge is 2.48. The SMILES string of the molecule is Cc1cscc1CNC(=O)N1CC(C)OC2(CCOC2C)C1. The number of aryl methyl sites for hydroxylation is 1. The Hall–Kier alpha value is -1.11. The molecule has 0 aromatic carbocycles. The second-order valence-electron chi connectivity index (χ2n) is 6.38. The van der Waals surface area contributed by atoms with Crippen LogP contribution in [-0.2, 0) is 16.0 Å². The Bertz CT molecular complexity index is 547. The van der Waals surface area contributed by atoms with Crippen LogP contribution in [-0.4, -0.2) is 48.4 Å². The van der Waals surface area contributed by atoms with Crippen LogP contribution in [0, 0.1) is 6.92 Å². The smallest absolute Gasteiger partial charge is 0.317 e. The van der Waals surface area contributed by atoms with Gasteiger partial charge in [-0.2, -0.15) is 11.3 Å². The van der Waals surface area contributed by atoms with Crippen LogP contribution in [0.15, 0.2) is 10.8 Å². The van der Waals surface area contributed by atoms with Gasteiger partial charge in [-0.15, -0.1) is 0 Å². The summed E-state index contributed by atoms with van der Waals surface area (Å²) in [6.45, 7) is 8.65. The quantitative estimate of drug-likeness (QED) is 0.909. The summed E-state index contributed by atoms with van der Waals surface area (Å²) >= 11 is 1.67. The molecule has 22 heavy (non-hydrogen) atoms. The number of ether oxygens (including phenoxy) is 2. The molecule has 0 radical (unpaired) electrons. The number of urea groups is 1. The third-order valence-electron chi connectivity index (χ3n) is 4.68. The van der Waals surface area contributed by atoms with E-state index >= 15 is 0 Å². The highest BCUT2D eigenvalue weighted by atomic mass is 32.1. The molecule has 2 aliphatic rings. The van der Waals surface area contributed by atoms with E-state index in [0.717, 1.165) is 6.42 Å². The van der Waals surface area contributed by atoms with Crippen molar-refractivity contribution in [3.63, 3.8) is 0 Å². The maximum atomic E-state index is 12.5. The molecule has 1 aromatic rings. The predicted molar refractivity (Wildman–Crippen MR) is 86.2 cm³/mol. The van der Waals surface area contributed by atoms with Gasteiger partial charge < -0.3 is 19.7 Å². The fraction of sp³-hybridized carbons (Fsp3) is 0.688. The molecular weight excluding hydrogens is 300 g/mol. The third kappa shape index (κ3) is 3.00. The average Bonchev–Trinajstić information content (AvgIpc) is 3.03. The number of nitrogens with zero attached hydrogens (tertiary/aromatic N) is 1. The van der Waals surface area contributed by atoms with Gasteiger partial charge in [0.25, 0.3) is 0 Å². The van der Waals surface area contributed by atoms with E-state index in [1.807, 2.05) is 18.7 Å². The Morgan fingerprint density at radius 3 is 2.95 bits per heavy atom. The Morgan fingerprint density at radius 1 is 1.50 bits per heavy atom. The summed E-state index contributed by atoms with van der Waals surface area (Å²) in [5, 5.41) is 7.23. The van der Waals surface area contributed by atoms with Crippen LogP contribution in [0.2, 0.25) is 0 Å². The minimum Gasteiger partial charge on any atom is -0.375 e. The van der Waals surface area contributed by atoms with Gasteiger partial charge in [-0.05, 0) is 42.7 Å². The van der Waals surface area contributed by atoms with Gasteiger partial charge in [0, 0.05) is 26.1 Å². The fourth-order valence-corrected chi connectivity index (χ4v) is 4.16. The molecule has 3 heterocycles. The Balaban J connectivity index is 1.63. The van der Waals surface area contributed by atoms with Gasteiger partial charge in [0.15, 0.2) is 0 Å². The number of rotatable bonds is 2. The van der Waals surface area contributed by atoms with E-state index in [4.69, 9.17) is 9.47 Å². The van der Waals surface area contributed by atoms with Crippen molar-refractivity contribution < 1.29 is 14.3 Å². The second-order valence-corrected chi connectivity index (χ2v) is 7.12. The predicted octanol–water partition coefficient (Wildman–Crippen LogP) is 2.53. The van der Waals surface area contributed by atoms with Gasteiger partial charge in [-0.25, -0.2) is 4.79 Å². The molecule has 1 spiro atoms. The van der Waals surface area contributed by atoms with E-state index in [2.05, 4.69) is 23.0 Å². The number of nitrogens with one attached hydrogen (secondary N) is 1. The Labute approximate surface area is 135 Å². The topological polar surface area (TPSA) is 50.8 Å². The zero-order chi connectivity index (χ0) is 15.7. The van der Waals surface area contributed by atoms with Gasteiger partial charge in [0.05, 0.1) is 18.8 Å². The Kier molecular flexibility index (Phi) is 4.43. The zero-order valence-electron chi connectivity index (χ0n) is 13.4. The van der Waals surface area contributed by atoms with Crippen molar-refractivity contribution in [1.82, 2.24) is 10.2 Å². The van der Waals surface area contributed by atoms with Gasteiger partial charge in [-0.3, -0.25) is 0 Å². The molecule has 0 bridgehead atoms. The first-order valence-corrected chi connectivity index (χ1v) is 8.78. The van der Waals surface area contributed by atoms with Crippen LogP contribution in [0.4, 0.5) is 4.79 Å². The van der Waals surface area contributed by atoms with Crippen LogP contribution in [0.1, 0.15) is 31.4 Å². The lowest BCUT2D eigenvalue weighted by Crippen LogP contribution is -2.60. The molecule has 2 amide bonds. The molecule has 2 aliphatic heterocycles. The van der Waals surface area contributed by atoms with E-state index in [0.29, 0.717) is 26.2 Å². The Morgan fingerprint density at radius 2 is 2.32 bits per heavy atom. The molecule has 3 unspecified atom stereocenters. The van der Waals surface area contributed by atoms with Crippen molar-refractivity contribution in [3.05, 3.63) is 21.9 Å². The van der Waals surface area contributed by atoms with Gasteiger partial charge in [0.1, 0.15) is 5.60 Å². The summed E-state index contributed by atoms with van der Waals surface area (Å²) in [4.78, 5) is 14.4. The molecular formula is C16H24N2O3S. The summed E-state index contributed by atoms with van der Waals surface area (Å²) in [7, 11) is 0. The first-order chi connectivity index (χ1) is 10.5. The van der Waals surface area contributed by atoms with Gasteiger partial charge >= 0.3 is 6.03 Å². The van der Waals surface area contributed by atoms with Crippen molar-refractivity contribution in [3.8, 4) is 0 Å². The third-order valence-corrected chi connectivity index (χ3v) is 5.60. The van der Waals surface area contributed by atoms with E-state index in [9.17, 15) is 4.79 Å². The number of carbonyl (C=O) groups is 1. The summed E-state index contributed by atoms with van der Waals surface area (Å²) in [5.41, 5.74) is 2.08. The number of hydrogen-bond donors (Lipinski definition) is 1. The molecule has 3 atom stereocenters. The van der Waals surface area contributed by atoms with Crippen molar-refractivity contribution in [2.24, 2.45) is 0 Å². The first-order valence-electron chi connectivity index (χ1n) is 7.84. The maximum Gasteiger partial charge on any atom is 0.317 e. The molecule has 0 saturated carbocycles.